The molecule has 0 aliphatic carbocycles. The summed E-state index contributed by atoms with van der Waals surface area (Å²) in [4.78, 5) is 11.8. The molecular weight excluding hydrogens is 312 g/mol. The van der Waals surface area contributed by atoms with Crippen molar-refractivity contribution in [2.24, 2.45) is 4.99 Å². The highest BCUT2D eigenvalue weighted by molar-refractivity contribution is 8.00. The lowest BCUT2D eigenvalue weighted by Crippen LogP contribution is -2.48. The average Bonchev–Trinajstić information content (AvgIpc) is 2.96. The van der Waals surface area contributed by atoms with Gasteiger partial charge in [-0.05, 0) is 26.7 Å². The zero-order valence-corrected chi connectivity index (χ0v) is 15.6. The molecule has 0 saturated carbocycles. The fraction of sp³-hybridized carbons (Fsp3) is 0.750. The van der Waals surface area contributed by atoms with Gasteiger partial charge in [-0.3, -0.25) is 4.99 Å². The number of hydrogen-bond acceptors (Lipinski definition) is 4. The van der Waals surface area contributed by atoms with Crippen LogP contribution in [0.3, 0.4) is 0 Å². The van der Waals surface area contributed by atoms with Crippen molar-refractivity contribution in [3.05, 3.63) is 16.1 Å². The van der Waals surface area contributed by atoms with Crippen LogP contribution in [0.4, 0.5) is 0 Å². The normalized spacial score (nSPS) is 19.5. The third-order valence-corrected chi connectivity index (χ3v) is 6.10. The molecule has 6 heteroatoms. The highest BCUT2D eigenvalue weighted by atomic mass is 32.2. The van der Waals surface area contributed by atoms with E-state index in [0.717, 1.165) is 55.9 Å². The van der Waals surface area contributed by atoms with Crippen LogP contribution in [-0.4, -0.2) is 53.0 Å². The second-order valence-corrected chi connectivity index (χ2v) is 7.92. The first-order valence-corrected chi connectivity index (χ1v) is 10.2. The molecule has 1 N–H and O–H groups in total. The lowest BCUT2D eigenvalue weighted by Gasteiger charge is -2.34. The van der Waals surface area contributed by atoms with Crippen molar-refractivity contribution in [1.29, 1.82) is 0 Å². The molecule has 1 aliphatic rings. The molecule has 124 valence electrons. The van der Waals surface area contributed by atoms with Gasteiger partial charge in [0, 0.05) is 54.7 Å². The van der Waals surface area contributed by atoms with Crippen LogP contribution in [0.25, 0.3) is 0 Å². The second-order valence-electron chi connectivity index (χ2n) is 5.57. The van der Waals surface area contributed by atoms with Crippen LogP contribution in [0, 0.1) is 6.92 Å². The maximum atomic E-state index is 4.83. The number of hydrogen-bond donors (Lipinski definition) is 1. The maximum Gasteiger partial charge on any atom is 0.193 e. The van der Waals surface area contributed by atoms with E-state index in [9.17, 15) is 0 Å². The Labute approximate surface area is 142 Å². The first-order chi connectivity index (χ1) is 10.7. The predicted octanol–water partition coefficient (Wildman–Crippen LogP) is 3.18. The molecule has 1 aliphatic heterocycles. The lowest BCUT2D eigenvalue weighted by molar-refractivity contribution is 0.408. The summed E-state index contributed by atoms with van der Waals surface area (Å²) in [6.07, 6.45) is 3.35. The number of thioether (sulfide) groups is 1. The highest BCUT2D eigenvalue weighted by Crippen LogP contribution is 2.21. The van der Waals surface area contributed by atoms with Gasteiger partial charge in [-0.25, -0.2) is 4.98 Å². The molecule has 1 aromatic rings. The van der Waals surface area contributed by atoms with Gasteiger partial charge in [0.25, 0.3) is 0 Å². The minimum absolute atomic E-state index is 0.746. The van der Waals surface area contributed by atoms with Gasteiger partial charge in [-0.2, -0.15) is 11.8 Å². The molecule has 2 rings (SSSR count). The maximum absolute atomic E-state index is 4.83. The molecule has 0 radical (unpaired) electrons. The van der Waals surface area contributed by atoms with Gasteiger partial charge in [0.1, 0.15) is 0 Å². The lowest BCUT2D eigenvalue weighted by atomic mass is 10.3. The van der Waals surface area contributed by atoms with Crippen molar-refractivity contribution in [3.63, 3.8) is 0 Å². The Morgan fingerprint density at radius 3 is 3.05 bits per heavy atom. The van der Waals surface area contributed by atoms with Crippen molar-refractivity contribution in [2.45, 2.75) is 45.3 Å². The van der Waals surface area contributed by atoms with Crippen molar-refractivity contribution >= 4 is 29.1 Å². The summed E-state index contributed by atoms with van der Waals surface area (Å²) in [6, 6.07) is 0. The number of nitrogens with zero attached hydrogens (tertiary/aromatic N) is 3. The fourth-order valence-electron chi connectivity index (χ4n) is 2.52. The van der Waals surface area contributed by atoms with Gasteiger partial charge in [-0.1, -0.05) is 6.92 Å². The van der Waals surface area contributed by atoms with Crippen molar-refractivity contribution in [2.75, 3.05) is 31.9 Å². The van der Waals surface area contributed by atoms with Gasteiger partial charge in [0.2, 0.25) is 0 Å². The molecule has 2 heterocycles. The largest absolute Gasteiger partial charge is 0.357 e. The van der Waals surface area contributed by atoms with Crippen LogP contribution < -0.4 is 5.32 Å². The summed E-state index contributed by atoms with van der Waals surface area (Å²) >= 11 is 3.86. The monoisotopic (exact) mass is 340 g/mol. The molecule has 0 amide bonds. The predicted molar refractivity (Wildman–Crippen MR) is 99.3 cm³/mol. The first-order valence-electron chi connectivity index (χ1n) is 8.28. The van der Waals surface area contributed by atoms with Crippen LogP contribution in [0.1, 0.15) is 37.4 Å². The van der Waals surface area contributed by atoms with Gasteiger partial charge in [0.15, 0.2) is 5.96 Å². The van der Waals surface area contributed by atoms with E-state index in [1.807, 2.05) is 0 Å². The number of thiazole rings is 1. The molecule has 0 spiro atoms. The first kappa shape index (κ1) is 17.6. The second kappa shape index (κ2) is 9.40. The molecule has 1 aromatic heterocycles. The zero-order chi connectivity index (χ0) is 15.8. The van der Waals surface area contributed by atoms with E-state index in [1.165, 1.54) is 17.2 Å². The zero-order valence-electron chi connectivity index (χ0n) is 14.0. The van der Waals surface area contributed by atoms with Crippen molar-refractivity contribution < 1.29 is 0 Å². The quantitative estimate of drug-likeness (QED) is 0.490. The van der Waals surface area contributed by atoms with Crippen molar-refractivity contribution in [1.82, 2.24) is 15.2 Å². The van der Waals surface area contributed by atoms with E-state index in [2.05, 4.69) is 53.1 Å². The van der Waals surface area contributed by atoms with E-state index in [-0.39, 0.29) is 0 Å². The Kier molecular flexibility index (Phi) is 7.52. The van der Waals surface area contributed by atoms with Crippen LogP contribution in [0.15, 0.2) is 10.4 Å². The summed E-state index contributed by atoms with van der Waals surface area (Å²) in [6.45, 7) is 10.5. The molecule has 1 unspecified atom stereocenters. The number of aromatic nitrogens is 1. The SMILES string of the molecule is CCNC(=NCCCc1nc(C)cs1)N1CCSC(CC)C1. The van der Waals surface area contributed by atoms with Crippen LogP contribution in [0.5, 0.6) is 0 Å². The van der Waals surface area contributed by atoms with E-state index in [4.69, 9.17) is 4.99 Å². The summed E-state index contributed by atoms with van der Waals surface area (Å²) in [5, 5.41) is 7.56. The Morgan fingerprint density at radius 1 is 1.50 bits per heavy atom. The summed E-state index contributed by atoms with van der Waals surface area (Å²) < 4.78 is 0. The molecular formula is C16H28N4S2. The number of rotatable bonds is 6. The van der Waals surface area contributed by atoms with E-state index >= 15 is 0 Å². The van der Waals surface area contributed by atoms with E-state index in [1.54, 1.807) is 11.3 Å². The Hall–Kier alpha value is -0.750. The van der Waals surface area contributed by atoms with Gasteiger partial charge in [-0.15, -0.1) is 11.3 Å². The summed E-state index contributed by atoms with van der Waals surface area (Å²) in [5.74, 6) is 2.30. The Balaban J connectivity index is 1.83. The van der Waals surface area contributed by atoms with E-state index < -0.39 is 0 Å². The molecule has 22 heavy (non-hydrogen) atoms. The smallest absolute Gasteiger partial charge is 0.193 e. The molecule has 1 fully saturated rings. The Morgan fingerprint density at radius 2 is 2.36 bits per heavy atom. The summed E-state index contributed by atoms with van der Waals surface area (Å²) in [7, 11) is 0. The van der Waals surface area contributed by atoms with Gasteiger partial charge in [0.05, 0.1) is 5.01 Å². The minimum Gasteiger partial charge on any atom is -0.357 e. The molecule has 4 nitrogen and oxygen atoms in total. The third-order valence-electron chi connectivity index (χ3n) is 3.71. The van der Waals surface area contributed by atoms with Crippen LogP contribution >= 0.6 is 23.1 Å². The Bertz CT molecular complexity index is 472. The highest BCUT2D eigenvalue weighted by Gasteiger charge is 2.21. The fourth-order valence-corrected chi connectivity index (χ4v) is 4.52. The standard InChI is InChI=1S/C16H28N4S2/c1-4-14-11-20(9-10-21-14)16(17-5-2)18-8-6-7-15-19-13(3)12-22-15/h12,14H,4-11H2,1-3H3,(H,17,18). The van der Waals surface area contributed by atoms with Crippen molar-refractivity contribution in [3.8, 4) is 0 Å². The summed E-state index contributed by atoms with van der Waals surface area (Å²) in [5.41, 5.74) is 1.13. The van der Waals surface area contributed by atoms with E-state index in [0.29, 0.717) is 0 Å². The van der Waals surface area contributed by atoms with Crippen LogP contribution in [0.2, 0.25) is 0 Å². The molecule has 0 aromatic carbocycles. The minimum atomic E-state index is 0.746. The number of nitrogens with one attached hydrogen (secondary N) is 1. The molecule has 0 bridgehead atoms. The average molecular weight is 341 g/mol. The number of guanidine groups is 1. The molecule has 1 saturated heterocycles. The van der Waals surface area contributed by atoms with Crippen LogP contribution in [-0.2, 0) is 6.42 Å². The number of aliphatic imine (C=N–C) groups is 1. The van der Waals surface area contributed by atoms with Gasteiger partial charge < -0.3 is 10.2 Å². The molecule has 1 atom stereocenters. The van der Waals surface area contributed by atoms with Gasteiger partial charge >= 0.3 is 0 Å². The number of aryl methyl sites for hydroxylation is 2. The third kappa shape index (κ3) is 5.47. The topological polar surface area (TPSA) is 40.5 Å².